The van der Waals surface area contributed by atoms with Crippen LogP contribution >= 0.6 is 11.3 Å². The maximum absolute atomic E-state index is 12.9. The van der Waals surface area contributed by atoms with Crippen molar-refractivity contribution in [3.63, 3.8) is 0 Å². The van der Waals surface area contributed by atoms with Crippen LogP contribution in [0.1, 0.15) is 23.2 Å². The molecule has 0 saturated carbocycles. The lowest BCUT2D eigenvalue weighted by atomic mass is 10.2. The fraction of sp³-hybridized carbons (Fsp3) is 0.364. The number of carbonyl (C=O) groups is 1. The van der Waals surface area contributed by atoms with Crippen LogP contribution < -0.4 is 9.54 Å². The summed E-state index contributed by atoms with van der Waals surface area (Å²) in [6.07, 6.45) is 1.75. The Hall–Kier alpha value is -2.53. The van der Waals surface area contributed by atoms with Crippen LogP contribution in [0.25, 0.3) is 10.2 Å². The van der Waals surface area contributed by atoms with Crippen molar-refractivity contribution in [2.45, 2.75) is 24.3 Å². The van der Waals surface area contributed by atoms with Crippen LogP contribution in [-0.2, 0) is 21.3 Å². The topological polar surface area (TPSA) is 90.2 Å². The lowest BCUT2D eigenvalue weighted by Crippen LogP contribution is -2.27. The van der Waals surface area contributed by atoms with Gasteiger partial charge in [-0.3, -0.25) is 4.79 Å². The highest BCUT2D eigenvalue weighted by Crippen LogP contribution is 2.27. The van der Waals surface area contributed by atoms with E-state index in [0.717, 1.165) is 23.1 Å². The Morgan fingerprint density at radius 1 is 1.09 bits per heavy atom. The first kappa shape index (κ1) is 22.7. The summed E-state index contributed by atoms with van der Waals surface area (Å²) in [4.78, 5) is 17.9. The number of thiazole rings is 1. The number of carbonyl (C=O) groups excluding carboxylic acids is 1. The fourth-order valence-corrected chi connectivity index (χ4v) is 6.33. The molecule has 32 heavy (non-hydrogen) atoms. The molecule has 0 bridgehead atoms. The van der Waals surface area contributed by atoms with E-state index in [1.165, 1.54) is 39.9 Å². The van der Waals surface area contributed by atoms with Crippen molar-refractivity contribution in [3.05, 3.63) is 52.8 Å². The first-order chi connectivity index (χ1) is 15.5. The zero-order chi connectivity index (χ0) is 22.7. The van der Waals surface area contributed by atoms with Crippen molar-refractivity contribution in [1.82, 2.24) is 8.87 Å². The van der Waals surface area contributed by atoms with Gasteiger partial charge in [-0.05, 0) is 49.2 Å². The van der Waals surface area contributed by atoms with Gasteiger partial charge in [-0.25, -0.2) is 8.42 Å². The van der Waals surface area contributed by atoms with Crippen molar-refractivity contribution >= 4 is 37.5 Å². The standard InChI is InChI=1S/C22H25N3O5S2/c1-29-15-14-25-20-18(30-2)6-5-7-19(20)31-22(25)23-21(26)16-8-10-17(11-9-16)32(27,28)24-12-3-4-13-24/h5-11H,3-4,12-15H2,1-2H3. The van der Waals surface area contributed by atoms with Crippen molar-refractivity contribution in [2.75, 3.05) is 33.9 Å². The Morgan fingerprint density at radius 3 is 2.47 bits per heavy atom. The second-order valence-corrected chi connectivity index (χ2v) is 10.3. The number of rotatable bonds is 7. The molecule has 0 N–H and O–H groups in total. The average Bonchev–Trinajstić information content (AvgIpc) is 3.46. The zero-order valence-electron chi connectivity index (χ0n) is 18.0. The number of nitrogens with zero attached hydrogens (tertiary/aromatic N) is 3. The van der Waals surface area contributed by atoms with Gasteiger partial charge in [0.1, 0.15) is 11.3 Å². The van der Waals surface area contributed by atoms with E-state index in [1.54, 1.807) is 14.2 Å². The van der Waals surface area contributed by atoms with Crippen molar-refractivity contribution in [2.24, 2.45) is 4.99 Å². The van der Waals surface area contributed by atoms with Gasteiger partial charge >= 0.3 is 0 Å². The largest absolute Gasteiger partial charge is 0.495 e. The Morgan fingerprint density at radius 2 is 1.81 bits per heavy atom. The van der Waals surface area contributed by atoms with E-state index in [-0.39, 0.29) is 4.90 Å². The molecule has 2 heterocycles. The van der Waals surface area contributed by atoms with Gasteiger partial charge in [0.15, 0.2) is 4.80 Å². The molecule has 10 heteroatoms. The summed E-state index contributed by atoms with van der Waals surface area (Å²) in [5, 5.41) is 0. The molecule has 0 radical (unpaired) electrons. The van der Waals surface area contributed by atoms with Gasteiger partial charge in [-0.15, -0.1) is 0 Å². The normalized spacial score (nSPS) is 15.5. The Bertz CT molecular complexity index is 1290. The molecule has 3 aromatic rings. The number of ether oxygens (including phenoxy) is 2. The summed E-state index contributed by atoms with van der Waals surface area (Å²) in [5.41, 5.74) is 1.18. The summed E-state index contributed by atoms with van der Waals surface area (Å²) in [6, 6.07) is 11.7. The molecule has 170 valence electrons. The average molecular weight is 476 g/mol. The van der Waals surface area contributed by atoms with E-state index in [2.05, 4.69) is 4.99 Å². The lowest BCUT2D eigenvalue weighted by molar-refractivity contribution is 0.0997. The van der Waals surface area contributed by atoms with Crippen LogP contribution in [-0.4, -0.2) is 57.1 Å². The van der Waals surface area contributed by atoms with Crippen molar-refractivity contribution < 1.29 is 22.7 Å². The molecular weight excluding hydrogens is 450 g/mol. The van der Waals surface area contributed by atoms with Gasteiger partial charge in [0.05, 0.1) is 23.3 Å². The van der Waals surface area contributed by atoms with Crippen LogP contribution in [0, 0.1) is 0 Å². The molecular formula is C22H25N3O5S2. The number of fused-ring (bicyclic) bond motifs is 1. The monoisotopic (exact) mass is 475 g/mol. The van der Waals surface area contributed by atoms with E-state index in [0.29, 0.717) is 42.4 Å². The highest BCUT2D eigenvalue weighted by molar-refractivity contribution is 7.89. The minimum Gasteiger partial charge on any atom is -0.495 e. The second-order valence-electron chi connectivity index (χ2n) is 7.39. The molecule has 1 aliphatic heterocycles. The maximum Gasteiger partial charge on any atom is 0.279 e. The van der Waals surface area contributed by atoms with Gasteiger partial charge in [-0.1, -0.05) is 17.4 Å². The summed E-state index contributed by atoms with van der Waals surface area (Å²) < 4.78 is 40.5. The Balaban J connectivity index is 1.69. The minimum absolute atomic E-state index is 0.192. The van der Waals surface area contributed by atoms with Crippen LogP contribution in [0.2, 0.25) is 0 Å². The minimum atomic E-state index is -3.52. The number of benzene rings is 2. The molecule has 0 spiro atoms. The molecule has 1 saturated heterocycles. The van der Waals surface area contributed by atoms with Gasteiger partial charge in [0.2, 0.25) is 10.0 Å². The maximum atomic E-state index is 12.9. The van der Waals surface area contributed by atoms with Gasteiger partial charge in [0.25, 0.3) is 5.91 Å². The molecule has 1 fully saturated rings. The molecule has 4 rings (SSSR count). The van der Waals surface area contributed by atoms with E-state index >= 15 is 0 Å². The summed E-state index contributed by atoms with van der Waals surface area (Å²) in [7, 11) is -0.299. The van der Waals surface area contributed by atoms with Crippen LogP contribution in [0.15, 0.2) is 52.4 Å². The van der Waals surface area contributed by atoms with Crippen molar-refractivity contribution in [1.29, 1.82) is 0 Å². The number of hydrogen-bond acceptors (Lipinski definition) is 6. The quantitative estimate of drug-likeness (QED) is 0.524. The third-order valence-corrected chi connectivity index (χ3v) is 8.36. The molecule has 1 aliphatic rings. The third kappa shape index (κ3) is 4.36. The third-order valence-electron chi connectivity index (χ3n) is 5.40. The molecule has 0 aliphatic carbocycles. The summed E-state index contributed by atoms with van der Waals surface area (Å²) in [5.74, 6) is 0.257. The fourth-order valence-electron chi connectivity index (χ4n) is 3.74. The number of methoxy groups -OCH3 is 2. The SMILES string of the molecule is COCCn1c(=NC(=O)c2ccc(S(=O)(=O)N3CCCC3)cc2)sc2cccc(OC)c21. The second kappa shape index (κ2) is 9.53. The van der Waals surface area contributed by atoms with Crippen molar-refractivity contribution in [3.8, 4) is 5.75 Å². The number of sulfonamides is 1. The molecule has 2 aromatic carbocycles. The van der Waals surface area contributed by atoms with Crippen LogP contribution in [0.3, 0.4) is 0 Å². The first-order valence-electron chi connectivity index (χ1n) is 10.3. The number of amides is 1. The van der Waals surface area contributed by atoms with Crippen LogP contribution in [0.4, 0.5) is 0 Å². The van der Waals surface area contributed by atoms with Crippen LogP contribution in [0.5, 0.6) is 5.75 Å². The predicted octanol–water partition coefficient (Wildman–Crippen LogP) is 2.88. The highest BCUT2D eigenvalue weighted by atomic mass is 32.2. The van der Waals surface area contributed by atoms with E-state index in [9.17, 15) is 13.2 Å². The zero-order valence-corrected chi connectivity index (χ0v) is 19.6. The molecule has 0 unspecified atom stereocenters. The lowest BCUT2D eigenvalue weighted by Gasteiger charge is -2.15. The van der Waals surface area contributed by atoms with Gasteiger partial charge < -0.3 is 14.0 Å². The first-order valence-corrected chi connectivity index (χ1v) is 12.6. The molecule has 8 nitrogen and oxygen atoms in total. The van der Waals surface area contributed by atoms with E-state index in [1.807, 2.05) is 22.8 Å². The summed E-state index contributed by atoms with van der Waals surface area (Å²) >= 11 is 1.39. The molecule has 1 aromatic heterocycles. The molecule has 0 atom stereocenters. The highest BCUT2D eigenvalue weighted by Gasteiger charge is 2.27. The molecule has 1 amide bonds. The predicted molar refractivity (Wildman–Crippen MR) is 123 cm³/mol. The number of para-hydroxylation sites is 1. The Labute approximate surface area is 190 Å². The van der Waals surface area contributed by atoms with Gasteiger partial charge in [-0.2, -0.15) is 9.30 Å². The van der Waals surface area contributed by atoms with E-state index in [4.69, 9.17) is 9.47 Å². The summed E-state index contributed by atoms with van der Waals surface area (Å²) in [6.45, 7) is 2.04. The van der Waals surface area contributed by atoms with Gasteiger partial charge in [0, 0.05) is 32.3 Å². The number of aromatic nitrogens is 1. The van der Waals surface area contributed by atoms with E-state index < -0.39 is 15.9 Å². The Kier molecular flexibility index (Phi) is 6.75. The smallest absolute Gasteiger partial charge is 0.279 e. The number of hydrogen-bond donors (Lipinski definition) is 0.